The third kappa shape index (κ3) is 1.02. The molecule has 5 nitrogen and oxygen atoms in total. The molecule has 2 aromatic rings. The molecular formula is C9H9N3O2. The highest BCUT2D eigenvalue weighted by Gasteiger charge is 2.15. The lowest BCUT2D eigenvalue weighted by atomic mass is 10.2. The molecule has 0 bridgehead atoms. The number of pyridine rings is 1. The van der Waals surface area contributed by atoms with Gasteiger partial charge >= 0.3 is 5.97 Å². The summed E-state index contributed by atoms with van der Waals surface area (Å²) >= 11 is 0. The summed E-state index contributed by atoms with van der Waals surface area (Å²) in [5.41, 5.74) is 7.42. The van der Waals surface area contributed by atoms with E-state index in [4.69, 9.17) is 10.8 Å². The summed E-state index contributed by atoms with van der Waals surface area (Å²) in [6.07, 6.45) is 1.54. The van der Waals surface area contributed by atoms with Crippen molar-refractivity contribution >= 4 is 17.2 Å². The number of aromatic carboxylic acids is 1. The van der Waals surface area contributed by atoms with Gasteiger partial charge in [-0.15, -0.1) is 0 Å². The van der Waals surface area contributed by atoms with Crippen molar-refractivity contribution in [1.29, 1.82) is 0 Å². The first-order valence-corrected chi connectivity index (χ1v) is 4.07. The molecule has 3 N–H and O–H groups in total. The number of hydrogen-bond acceptors (Lipinski definition) is 3. The van der Waals surface area contributed by atoms with E-state index < -0.39 is 5.97 Å². The highest BCUT2D eigenvalue weighted by Crippen LogP contribution is 2.19. The van der Waals surface area contributed by atoms with E-state index in [9.17, 15) is 4.79 Å². The fourth-order valence-electron chi connectivity index (χ4n) is 1.42. The van der Waals surface area contributed by atoms with Crippen molar-refractivity contribution in [1.82, 2.24) is 9.61 Å². The van der Waals surface area contributed by atoms with Crippen LogP contribution in [0, 0.1) is 6.92 Å². The molecule has 72 valence electrons. The predicted molar refractivity (Wildman–Crippen MR) is 51.3 cm³/mol. The van der Waals surface area contributed by atoms with Gasteiger partial charge in [0, 0.05) is 0 Å². The van der Waals surface area contributed by atoms with E-state index >= 15 is 0 Å². The predicted octanol–water partition coefficient (Wildman–Crippen LogP) is 0.923. The van der Waals surface area contributed by atoms with Crippen LogP contribution in [0.5, 0.6) is 0 Å². The lowest BCUT2D eigenvalue weighted by Crippen LogP contribution is -2.11. The lowest BCUT2D eigenvalue weighted by Gasteiger charge is -2.06. The molecule has 2 rings (SSSR count). The number of carboxylic acid groups (broad SMARTS) is 1. The summed E-state index contributed by atoms with van der Waals surface area (Å²) in [4.78, 5) is 10.9. The van der Waals surface area contributed by atoms with Crippen molar-refractivity contribution in [2.24, 2.45) is 0 Å². The Kier molecular flexibility index (Phi) is 1.67. The molecular weight excluding hydrogens is 182 g/mol. The van der Waals surface area contributed by atoms with Crippen LogP contribution in [-0.4, -0.2) is 20.7 Å². The van der Waals surface area contributed by atoms with Crippen molar-refractivity contribution in [2.45, 2.75) is 6.92 Å². The van der Waals surface area contributed by atoms with E-state index in [0.717, 1.165) is 11.1 Å². The van der Waals surface area contributed by atoms with Gasteiger partial charge in [-0.1, -0.05) is 0 Å². The van der Waals surface area contributed by atoms with Crippen molar-refractivity contribution in [3.63, 3.8) is 0 Å². The number of nitrogen functional groups attached to an aromatic ring is 1. The maximum Gasteiger partial charge on any atom is 0.356 e. The topological polar surface area (TPSA) is 80.6 Å². The Bertz CT molecular complexity index is 516. The van der Waals surface area contributed by atoms with E-state index in [0.29, 0.717) is 0 Å². The molecule has 0 atom stereocenters. The average Bonchev–Trinajstić information content (AvgIpc) is 2.52. The van der Waals surface area contributed by atoms with Gasteiger partial charge in [0.15, 0.2) is 5.69 Å². The number of carbonyl (C=O) groups is 1. The molecule has 0 spiro atoms. The number of anilines is 1. The number of aromatic nitrogens is 2. The zero-order valence-electron chi connectivity index (χ0n) is 7.56. The van der Waals surface area contributed by atoms with Crippen LogP contribution in [-0.2, 0) is 0 Å². The monoisotopic (exact) mass is 191 g/mol. The standard InChI is InChI=1S/C9H9N3O2/c1-5-4-6-2-3-11-12(6)8(7(5)10)9(13)14/h2-4H,10H2,1H3,(H,13,14). The number of carboxylic acids is 1. The summed E-state index contributed by atoms with van der Waals surface area (Å²) in [7, 11) is 0. The quantitative estimate of drug-likeness (QED) is 0.702. The minimum absolute atomic E-state index is 0.0185. The molecule has 0 radical (unpaired) electrons. The van der Waals surface area contributed by atoms with Gasteiger partial charge in [-0.25, -0.2) is 9.31 Å². The van der Waals surface area contributed by atoms with E-state index in [-0.39, 0.29) is 11.4 Å². The molecule has 2 aromatic heterocycles. The average molecular weight is 191 g/mol. The minimum Gasteiger partial charge on any atom is -0.476 e. The maximum absolute atomic E-state index is 10.9. The third-order valence-corrected chi connectivity index (χ3v) is 2.13. The number of aryl methyl sites for hydroxylation is 1. The number of fused-ring (bicyclic) bond motifs is 1. The molecule has 0 aliphatic carbocycles. The van der Waals surface area contributed by atoms with E-state index in [2.05, 4.69) is 5.10 Å². The fraction of sp³-hybridized carbons (Fsp3) is 0.111. The van der Waals surface area contributed by atoms with Crippen LogP contribution in [0.1, 0.15) is 16.1 Å². The van der Waals surface area contributed by atoms with Gasteiger partial charge in [0.2, 0.25) is 0 Å². The second-order valence-electron chi connectivity index (χ2n) is 3.06. The van der Waals surface area contributed by atoms with Gasteiger partial charge < -0.3 is 10.8 Å². The molecule has 0 aliphatic rings. The number of nitrogens with zero attached hydrogens (tertiary/aromatic N) is 2. The first-order chi connectivity index (χ1) is 6.61. The Balaban J connectivity index is 2.93. The van der Waals surface area contributed by atoms with Crippen LogP contribution in [0.25, 0.3) is 5.52 Å². The SMILES string of the molecule is Cc1cc2ccnn2c(C(=O)O)c1N. The molecule has 0 amide bonds. The van der Waals surface area contributed by atoms with Crippen LogP contribution in [0.4, 0.5) is 5.69 Å². The molecule has 0 aliphatic heterocycles. The Morgan fingerprint density at radius 1 is 1.64 bits per heavy atom. The minimum atomic E-state index is -1.07. The van der Waals surface area contributed by atoms with Crippen LogP contribution in [0.2, 0.25) is 0 Å². The second kappa shape index (κ2) is 2.73. The van der Waals surface area contributed by atoms with Crippen molar-refractivity contribution < 1.29 is 9.90 Å². The molecule has 0 fully saturated rings. The van der Waals surface area contributed by atoms with Crippen LogP contribution >= 0.6 is 0 Å². The highest BCUT2D eigenvalue weighted by molar-refractivity contribution is 5.93. The molecule has 14 heavy (non-hydrogen) atoms. The van der Waals surface area contributed by atoms with E-state index in [1.807, 2.05) is 0 Å². The normalized spacial score (nSPS) is 10.6. The lowest BCUT2D eigenvalue weighted by molar-refractivity contribution is 0.0688. The molecule has 0 saturated heterocycles. The summed E-state index contributed by atoms with van der Waals surface area (Å²) in [6, 6.07) is 3.54. The van der Waals surface area contributed by atoms with Crippen molar-refractivity contribution in [2.75, 3.05) is 5.73 Å². The summed E-state index contributed by atoms with van der Waals surface area (Å²) < 4.78 is 1.32. The summed E-state index contributed by atoms with van der Waals surface area (Å²) in [6.45, 7) is 1.77. The fourth-order valence-corrected chi connectivity index (χ4v) is 1.42. The van der Waals surface area contributed by atoms with Gasteiger partial charge in [-0.05, 0) is 24.6 Å². The molecule has 5 heteroatoms. The van der Waals surface area contributed by atoms with Crippen molar-refractivity contribution in [3.8, 4) is 0 Å². The second-order valence-corrected chi connectivity index (χ2v) is 3.06. The van der Waals surface area contributed by atoms with Crippen LogP contribution in [0.3, 0.4) is 0 Å². The smallest absolute Gasteiger partial charge is 0.356 e. The largest absolute Gasteiger partial charge is 0.476 e. The first kappa shape index (κ1) is 8.55. The van der Waals surface area contributed by atoms with Crippen LogP contribution < -0.4 is 5.73 Å². The zero-order chi connectivity index (χ0) is 10.3. The van der Waals surface area contributed by atoms with Crippen LogP contribution in [0.15, 0.2) is 18.3 Å². The summed E-state index contributed by atoms with van der Waals surface area (Å²) in [5, 5.41) is 12.9. The molecule has 0 aromatic carbocycles. The Labute approximate surface area is 79.8 Å². The van der Waals surface area contributed by atoms with Gasteiger partial charge in [0.05, 0.1) is 17.4 Å². The number of nitrogens with two attached hydrogens (primary N) is 1. The summed E-state index contributed by atoms with van der Waals surface area (Å²) in [5.74, 6) is -1.07. The first-order valence-electron chi connectivity index (χ1n) is 4.07. The van der Waals surface area contributed by atoms with Crippen molar-refractivity contribution in [3.05, 3.63) is 29.6 Å². The molecule has 2 heterocycles. The van der Waals surface area contributed by atoms with E-state index in [1.165, 1.54) is 4.52 Å². The number of hydrogen-bond donors (Lipinski definition) is 2. The Morgan fingerprint density at radius 3 is 3.00 bits per heavy atom. The van der Waals surface area contributed by atoms with Gasteiger partial charge in [-0.3, -0.25) is 0 Å². The van der Waals surface area contributed by atoms with Gasteiger partial charge in [0.25, 0.3) is 0 Å². The zero-order valence-corrected chi connectivity index (χ0v) is 7.56. The maximum atomic E-state index is 10.9. The Morgan fingerprint density at radius 2 is 2.36 bits per heavy atom. The number of rotatable bonds is 1. The van der Waals surface area contributed by atoms with E-state index in [1.54, 1.807) is 25.3 Å². The third-order valence-electron chi connectivity index (χ3n) is 2.13. The Hall–Kier alpha value is -2.04. The van der Waals surface area contributed by atoms with Gasteiger partial charge in [-0.2, -0.15) is 5.10 Å². The molecule has 0 unspecified atom stereocenters. The molecule has 0 saturated carbocycles. The highest BCUT2D eigenvalue weighted by atomic mass is 16.4. The van der Waals surface area contributed by atoms with Gasteiger partial charge in [0.1, 0.15) is 0 Å².